The second-order valence-corrected chi connectivity index (χ2v) is 6.09. The standard InChI is InChI=1S/C16H17FN2O4/c17-11-8-12-9(3-4-13(20)18-12)7-10(11)14(21)19-16(15(22)23)5-1-2-6-16/h7-8H,1-6H2,(H,18,20)(H,19,21)(H,22,23). The number of anilines is 1. The van der Waals surface area contributed by atoms with Crippen LogP contribution in [0.2, 0.25) is 0 Å². The van der Waals surface area contributed by atoms with E-state index < -0.39 is 23.2 Å². The van der Waals surface area contributed by atoms with E-state index in [1.165, 1.54) is 6.07 Å². The summed E-state index contributed by atoms with van der Waals surface area (Å²) in [5, 5.41) is 14.5. The number of hydrogen-bond acceptors (Lipinski definition) is 3. The molecule has 3 N–H and O–H groups in total. The van der Waals surface area contributed by atoms with Crippen LogP contribution in [0.15, 0.2) is 12.1 Å². The molecule has 0 radical (unpaired) electrons. The van der Waals surface area contributed by atoms with Gasteiger partial charge in [0.05, 0.1) is 5.56 Å². The molecule has 3 rings (SSSR count). The van der Waals surface area contributed by atoms with Gasteiger partial charge in [0, 0.05) is 12.1 Å². The topological polar surface area (TPSA) is 95.5 Å². The summed E-state index contributed by atoms with van der Waals surface area (Å²) in [6, 6.07) is 2.51. The van der Waals surface area contributed by atoms with Crippen molar-refractivity contribution in [2.45, 2.75) is 44.1 Å². The maximum absolute atomic E-state index is 14.2. The number of carbonyl (C=O) groups excluding carboxylic acids is 2. The predicted octanol–water partition coefficient (Wildman–Crippen LogP) is 1.84. The van der Waals surface area contributed by atoms with E-state index in [9.17, 15) is 23.9 Å². The maximum atomic E-state index is 14.2. The Morgan fingerprint density at radius 2 is 1.91 bits per heavy atom. The summed E-state index contributed by atoms with van der Waals surface area (Å²) in [6.07, 6.45) is 2.81. The minimum Gasteiger partial charge on any atom is -0.480 e. The van der Waals surface area contributed by atoms with Gasteiger partial charge in [-0.3, -0.25) is 9.59 Å². The fraction of sp³-hybridized carbons (Fsp3) is 0.438. The first kappa shape index (κ1) is 15.5. The van der Waals surface area contributed by atoms with Crippen molar-refractivity contribution in [2.75, 3.05) is 5.32 Å². The first-order valence-electron chi connectivity index (χ1n) is 7.59. The number of rotatable bonds is 3. The van der Waals surface area contributed by atoms with Crippen LogP contribution in [0.1, 0.15) is 48.0 Å². The van der Waals surface area contributed by atoms with E-state index in [0.717, 1.165) is 6.07 Å². The van der Waals surface area contributed by atoms with E-state index in [-0.39, 0.29) is 17.9 Å². The third-order valence-electron chi connectivity index (χ3n) is 4.55. The number of carbonyl (C=O) groups is 3. The Bertz CT molecular complexity index is 696. The number of aryl methyl sites for hydroxylation is 1. The third-order valence-corrected chi connectivity index (χ3v) is 4.55. The number of carboxylic acids is 1. The number of fused-ring (bicyclic) bond motifs is 1. The van der Waals surface area contributed by atoms with E-state index in [0.29, 0.717) is 43.4 Å². The molecule has 23 heavy (non-hydrogen) atoms. The van der Waals surface area contributed by atoms with Crippen molar-refractivity contribution >= 4 is 23.5 Å². The molecule has 6 nitrogen and oxygen atoms in total. The van der Waals surface area contributed by atoms with Crippen molar-refractivity contribution in [3.05, 3.63) is 29.1 Å². The minimum absolute atomic E-state index is 0.188. The zero-order valence-corrected chi connectivity index (χ0v) is 12.4. The monoisotopic (exact) mass is 320 g/mol. The molecule has 1 aliphatic carbocycles. The van der Waals surface area contributed by atoms with Crippen molar-refractivity contribution in [2.24, 2.45) is 0 Å². The number of hydrogen-bond donors (Lipinski definition) is 3. The molecule has 1 fully saturated rings. The van der Waals surface area contributed by atoms with Crippen LogP contribution in [0.25, 0.3) is 0 Å². The molecular formula is C16H17FN2O4. The Morgan fingerprint density at radius 3 is 2.57 bits per heavy atom. The van der Waals surface area contributed by atoms with Crippen LogP contribution in [-0.4, -0.2) is 28.4 Å². The van der Waals surface area contributed by atoms with Crippen LogP contribution in [0.3, 0.4) is 0 Å². The van der Waals surface area contributed by atoms with Gasteiger partial charge in [0.1, 0.15) is 11.4 Å². The van der Waals surface area contributed by atoms with Crippen molar-refractivity contribution in [3.8, 4) is 0 Å². The quantitative estimate of drug-likeness (QED) is 0.792. The van der Waals surface area contributed by atoms with Crippen LogP contribution in [0, 0.1) is 5.82 Å². The molecule has 0 unspecified atom stereocenters. The Balaban J connectivity index is 1.88. The van der Waals surface area contributed by atoms with Gasteiger partial charge in [-0.25, -0.2) is 9.18 Å². The molecular weight excluding hydrogens is 303 g/mol. The number of benzene rings is 1. The molecule has 7 heteroatoms. The zero-order chi connectivity index (χ0) is 16.6. The number of nitrogens with one attached hydrogen (secondary N) is 2. The molecule has 1 aromatic carbocycles. The summed E-state index contributed by atoms with van der Waals surface area (Å²) in [4.78, 5) is 35.2. The number of halogens is 1. The lowest BCUT2D eigenvalue weighted by Gasteiger charge is -2.26. The van der Waals surface area contributed by atoms with Gasteiger partial charge in [-0.15, -0.1) is 0 Å². The average molecular weight is 320 g/mol. The normalized spacial score (nSPS) is 18.9. The summed E-state index contributed by atoms with van der Waals surface area (Å²) in [5.74, 6) is -2.78. The SMILES string of the molecule is O=C1CCc2cc(C(=O)NC3(C(=O)O)CCCC3)c(F)cc2N1. The largest absolute Gasteiger partial charge is 0.480 e. The lowest BCUT2D eigenvalue weighted by molar-refractivity contribution is -0.144. The predicted molar refractivity (Wildman–Crippen MR) is 79.7 cm³/mol. The summed E-state index contributed by atoms with van der Waals surface area (Å²) < 4.78 is 14.2. The molecule has 1 heterocycles. The number of carboxylic acid groups (broad SMARTS) is 1. The fourth-order valence-electron chi connectivity index (χ4n) is 3.23. The summed E-state index contributed by atoms with van der Waals surface area (Å²) >= 11 is 0. The summed E-state index contributed by atoms with van der Waals surface area (Å²) in [6.45, 7) is 0. The molecule has 0 atom stereocenters. The minimum atomic E-state index is -1.31. The molecule has 122 valence electrons. The zero-order valence-electron chi connectivity index (χ0n) is 12.4. The van der Waals surface area contributed by atoms with Crippen LogP contribution in [0.4, 0.5) is 10.1 Å². The first-order valence-corrected chi connectivity index (χ1v) is 7.59. The van der Waals surface area contributed by atoms with E-state index >= 15 is 0 Å². The van der Waals surface area contributed by atoms with E-state index in [2.05, 4.69) is 10.6 Å². The summed E-state index contributed by atoms with van der Waals surface area (Å²) in [7, 11) is 0. The molecule has 1 aliphatic heterocycles. The Morgan fingerprint density at radius 1 is 1.22 bits per heavy atom. The highest BCUT2D eigenvalue weighted by Gasteiger charge is 2.43. The van der Waals surface area contributed by atoms with E-state index in [1.54, 1.807) is 0 Å². The molecule has 1 saturated carbocycles. The highest BCUT2D eigenvalue weighted by atomic mass is 19.1. The van der Waals surface area contributed by atoms with Crippen molar-refractivity contribution in [1.82, 2.24) is 5.32 Å². The van der Waals surface area contributed by atoms with Gasteiger partial charge in [0.25, 0.3) is 5.91 Å². The second kappa shape index (κ2) is 5.64. The van der Waals surface area contributed by atoms with Gasteiger partial charge < -0.3 is 15.7 Å². The molecule has 0 bridgehead atoms. The number of aliphatic carboxylic acids is 1. The highest BCUT2D eigenvalue weighted by Crippen LogP contribution is 2.31. The molecule has 1 aromatic rings. The van der Waals surface area contributed by atoms with Gasteiger partial charge >= 0.3 is 5.97 Å². The molecule has 0 spiro atoms. The van der Waals surface area contributed by atoms with Crippen molar-refractivity contribution in [1.29, 1.82) is 0 Å². The third kappa shape index (κ3) is 2.78. The van der Waals surface area contributed by atoms with Gasteiger partial charge in [-0.05, 0) is 37.0 Å². The molecule has 0 aromatic heterocycles. The average Bonchev–Trinajstić information content (AvgIpc) is 2.96. The lowest BCUT2D eigenvalue weighted by atomic mass is 9.95. The van der Waals surface area contributed by atoms with E-state index in [1.807, 2.05) is 0 Å². The van der Waals surface area contributed by atoms with Gasteiger partial charge in [0.15, 0.2) is 0 Å². The van der Waals surface area contributed by atoms with Crippen LogP contribution in [-0.2, 0) is 16.0 Å². The Hall–Kier alpha value is -2.44. The molecule has 0 saturated heterocycles. The van der Waals surface area contributed by atoms with Crippen molar-refractivity contribution < 1.29 is 23.9 Å². The van der Waals surface area contributed by atoms with E-state index in [4.69, 9.17) is 0 Å². The molecule has 2 aliphatic rings. The van der Waals surface area contributed by atoms with Crippen LogP contribution >= 0.6 is 0 Å². The van der Waals surface area contributed by atoms with Gasteiger partial charge in [-0.1, -0.05) is 12.8 Å². The summed E-state index contributed by atoms with van der Waals surface area (Å²) in [5.41, 5.74) is -0.461. The second-order valence-electron chi connectivity index (χ2n) is 6.09. The molecule has 2 amide bonds. The van der Waals surface area contributed by atoms with Gasteiger partial charge in [0.2, 0.25) is 5.91 Å². The smallest absolute Gasteiger partial charge is 0.329 e. The van der Waals surface area contributed by atoms with Crippen molar-refractivity contribution in [3.63, 3.8) is 0 Å². The number of amides is 2. The first-order chi connectivity index (χ1) is 10.9. The Labute approximate surface area is 132 Å². The Kier molecular flexibility index (Phi) is 3.79. The van der Waals surface area contributed by atoms with Crippen LogP contribution < -0.4 is 10.6 Å². The highest BCUT2D eigenvalue weighted by molar-refractivity contribution is 6.00. The van der Waals surface area contributed by atoms with Gasteiger partial charge in [-0.2, -0.15) is 0 Å². The fourth-order valence-corrected chi connectivity index (χ4v) is 3.23. The lowest BCUT2D eigenvalue weighted by Crippen LogP contribution is -2.52. The maximum Gasteiger partial charge on any atom is 0.329 e. The van der Waals surface area contributed by atoms with Crippen LogP contribution in [0.5, 0.6) is 0 Å².